The van der Waals surface area contributed by atoms with Crippen LogP contribution in [0.2, 0.25) is 5.15 Å². The molecule has 0 amide bonds. The fraction of sp³-hybridized carbons (Fsp3) is 0.462. The van der Waals surface area contributed by atoms with Crippen LogP contribution in [0.1, 0.15) is 36.7 Å². The SMILES string of the molecule is Cc1c(Cl)nc(C(C)C)nc1NCc1cnn(C)c1. The van der Waals surface area contributed by atoms with E-state index in [1.165, 1.54) is 0 Å². The van der Waals surface area contributed by atoms with Crippen molar-refractivity contribution >= 4 is 17.4 Å². The van der Waals surface area contributed by atoms with Crippen LogP contribution in [0.25, 0.3) is 0 Å². The van der Waals surface area contributed by atoms with Crippen molar-refractivity contribution in [1.82, 2.24) is 19.7 Å². The second kappa shape index (κ2) is 5.57. The van der Waals surface area contributed by atoms with Gasteiger partial charge >= 0.3 is 0 Å². The Labute approximate surface area is 118 Å². The van der Waals surface area contributed by atoms with E-state index >= 15 is 0 Å². The molecule has 2 aromatic rings. The van der Waals surface area contributed by atoms with Gasteiger partial charge in [0.1, 0.15) is 16.8 Å². The van der Waals surface area contributed by atoms with Gasteiger partial charge in [-0.3, -0.25) is 4.68 Å². The number of aromatic nitrogens is 4. The third-order valence-electron chi connectivity index (χ3n) is 2.84. The minimum Gasteiger partial charge on any atom is -0.366 e. The number of aryl methyl sites for hydroxylation is 1. The third-order valence-corrected chi connectivity index (χ3v) is 3.21. The van der Waals surface area contributed by atoms with Gasteiger partial charge in [0.15, 0.2) is 0 Å². The largest absolute Gasteiger partial charge is 0.366 e. The fourth-order valence-electron chi connectivity index (χ4n) is 1.68. The van der Waals surface area contributed by atoms with E-state index in [1.54, 1.807) is 4.68 Å². The summed E-state index contributed by atoms with van der Waals surface area (Å²) >= 11 is 6.14. The van der Waals surface area contributed by atoms with Crippen molar-refractivity contribution in [3.8, 4) is 0 Å². The standard InChI is InChI=1S/C13H18ClN5/c1-8(2)12-17-11(14)9(3)13(18-12)15-5-10-6-16-19(4)7-10/h6-8H,5H2,1-4H3,(H,15,17,18). The van der Waals surface area contributed by atoms with Gasteiger partial charge in [-0.05, 0) is 6.92 Å². The molecule has 0 aliphatic rings. The highest BCUT2D eigenvalue weighted by molar-refractivity contribution is 6.30. The Hall–Kier alpha value is -1.62. The molecule has 0 saturated heterocycles. The quantitative estimate of drug-likeness (QED) is 0.875. The molecule has 2 aromatic heterocycles. The van der Waals surface area contributed by atoms with Crippen molar-refractivity contribution in [3.05, 3.63) is 34.5 Å². The molecule has 19 heavy (non-hydrogen) atoms. The highest BCUT2D eigenvalue weighted by Crippen LogP contribution is 2.23. The molecule has 0 aliphatic heterocycles. The highest BCUT2D eigenvalue weighted by Gasteiger charge is 2.11. The predicted molar refractivity (Wildman–Crippen MR) is 76.4 cm³/mol. The number of hydrogen-bond donors (Lipinski definition) is 1. The second-order valence-electron chi connectivity index (χ2n) is 4.88. The maximum atomic E-state index is 6.14. The lowest BCUT2D eigenvalue weighted by Gasteiger charge is -2.12. The smallest absolute Gasteiger partial charge is 0.137 e. The van der Waals surface area contributed by atoms with Crippen molar-refractivity contribution in [2.24, 2.45) is 7.05 Å². The summed E-state index contributed by atoms with van der Waals surface area (Å²) in [6, 6.07) is 0. The lowest BCUT2D eigenvalue weighted by Crippen LogP contribution is -2.08. The average Bonchev–Trinajstić information content (AvgIpc) is 2.76. The van der Waals surface area contributed by atoms with Gasteiger partial charge in [0.2, 0.25) is 0 Å². The Bertz CT molecular complexity index is 576. The average molecular weight is 280 g/mol. The summed E-state index contributed by atoms with van der Waals surface area (Å²) in [5, 5.41) is 7.93. The predicted octanol–water partition coefficient (Wildman–Crippen LogP) is 2.91. The summed E-state index contributed by atoms with van der Waals surface area (Å²) in [7, 11) is 1.90. The molecule has 6 heteroatoms. The van der Waals surface area contributed by atoms with Gasteiger partial charge in [-0.1, -0.05) is 25.4 Å². The highest BCUT2D eigenvalue weighted by atomic mass is 35.5. The Morgan fingerprint density at radius 2 is 2.11 bits per heavy atom. The van der Waals surface area contributed by atoms with Gasteiger partial charge in [-0.2, -0.15) is 5.10 Å². The summed E-state index contributed by atoms with van der Waals surface area (Å²) in [4.78, 5) is 8.81. The van der Waals surface area contributed by atoms with Gasteiger partial charge in [-0.15, -0.1) is 0 Å². The molecular weight excluding hydrogens is 262 g/mol. The van der Waals surface area contributed by atoms with Crippen LogP contribution < -0.4 is 5.32 Å². The van der Waals surface area contributed by atoms with Gasteiger partial charge in [-0.25, -0.2) is 9.97 Å². The molecule has 0 atom stereocenters. The number of halogens is 1. The summed E-state index contributed by atoms with van der Waals surface area (Å²) in [6.45, 7) is 6.68. The Kier molecular flexibility index (Phi) is 4.04. The Morgan fingerprint density at radius 1 is 1.37 bits per heavy atom. The van der Waals surface area contributed by atoms with Crippen molar-refractivity contribution < 1.29 is 0 Å². The summed E-state index contributed by atoms with van der Waals surface area (Å²) in [5.41, 5.74) is 1.97. The number of anilines is 1. The zero-order chi connectivity index (χ0) is 14.0. The monoisotopic (exact) mass is 279 g/mol. The summed E-state index contributed by atoms with van der Waals surface area (Å²) in [6.07, 6.45) is 3.79. The van der Waals surface area contributed by atoms with Crippen LogP contribution in [-0.4, -0.2) is 19.7 Å². The van der Waals surface area contributed by atoms with Gasteiger partial charge in [0.05, 0.1) is 6.20 Å². The topological polar surface area (TPSA) is 55.6 Å². The first-order chi connectivity index (χ1) is 8.97. The molecule has 0 aromatic carbocycles. The van der Waals surface area contributed by atoms with Crippen LogP contribution in [0.4, 0.5) is 5.82 Å². The summed E-state index contributed by atoms with van der Waals surface area (Å²) in [5.74, 6) is 1.79. The third kappa shape index (κ3) is 3.23. The molecule has 0 aliphatic carbocycles. The van der Waals surface area contributed by atoms with Crippen LogP contribution in [0.3, 0.4) is 0 Å². The number of hydrogen-bond acceptors (Lipinski definition) is 4. The molecule has 2 rings (SSSR count). The molecule has 0 saturated carbocycles. The van der Waals surface area contributed by atoms with Crippen LogP contribution >= 0.6 is 11.6 Å². The zero-order valence-electron chi connectivity index (χ0n) is 11.6. The maximum Gasteiger partial charge on any atom is 0.137 e. The zero-order valence-corrected chi connectivity index (χ0v) is 12.4. The lowest BCUT2D eigenvalue weighted by atomic mass is 10.2. The van der Waals surface area contributed by atoms with Gasteiger partial charge in [0.25, 0.3) is 0 Å². The second-order valence-corrected chi connectivity index (χ2v) is 5.23. The van der Waals surface area contributed by atoms with Crippen LogP contribution in [0.5, 0.6) is 0 Å². The molecule has 5 nitrogen and oxygen atoms in total. The van der Waals surface area contributed by atoms with E-state index < -0.39 is 0 Å². The van der Waals surface area contributed by atoms with E-state index in [-0.39, 0.29) is 5.92 Å². The van der Waals surface area contributed by atoms with Gasteiger partial charge < -0.3 is 5.32 Å². The molecule has 102 valence electrons. The van der Waals surface area contributed by atoms with Crippen molar-refractivity contribution in [1.29, 1.82) is 0 Å². The van der Waals surface area contributed by atoms with Crippen LogP contribution in [-0.2, 0) is 13.6 Å². The molecule has 1 N–H and O–H groups in total. The minimum atomic E-state index is 0.247. The Balaban J connectivity index is 2.19. The summed E-state index contributed by atoms with van der Waals surface area (Å²) < 4.78 is 1.77. The lowest BCUT2D eigenvalue weighted by molar-refractivity contribution is 0.766. The molecule has 0 unspecified atom stereocenters. The van der Waals surface area contributed by atoms with Crippen molar-refractivity contribution in [2.75, 3.05) is 5.32 Å². The molecule has 0 fully saturated rings. The number of rotatable bonds is 4. The van der Waals surface area contributed by atoms with E-state index in [1.807, 2.05) is 40.2 Å². The first-order valence-corrected chi connectivity index (χ1v) is 6.60. The first kappa shape index (κ1) is 13.8. The van der Waals surface area contributed by atoms with E-state index in [9.17, 15) is 0 Å². The first-order valence-electron chi connectivity index (χ1n) is 6.22. The Morgan fingerprint density at radius 3 is 2.68 bits per heavy atom. The fourth-order valence-corrected chi connectivity index (χ4v) is 1.86. The normalized spacial score (nSPS) is 11.1. The minimum absolute atomic E-state index is 0.247. The molecule has 0 radical (unpaired) electrons. The number of nitrogens with zero attached hydrogens (tertiary/aromatic N) is 4. The van der Waals surface area contributed by atoms with Crippen LogP contribution in [0, 0.1) is 6.92 Å². The maximum absolute atomic E-state index is 6.14. The molecule has 0 spiro atoms. The van der Waals surface area contributed by atoms with Crippen molar-refractivity contribution in [3.63, 3.8) is 0 Å². The van der Waals surface area contributed by atoms with E-state index in [4.69, 9.17) is 11.6 Å². The molecule has 0 bridgehead atoms. The molecular formula is C13H18ClN5. The van der Waals surface area contributed by atoms with E-state index in [0.717, 1.165) is 22.8 Å². The van der Waals surface area contributed by atoms with Crippen LogP contribution in [0.15, 0.2) is 12.4 Å². The van der Waals surface area contributed by atoms with E-state index in [0.29, 0.717) is 11.7 Å². The molecule has 2 heterocycles. The van der Waals surface area contributed by atoms with Crippen molar-refractivity contribution in [2.45, 2.75) is 33.2 Å². The van der Waals surface area contributed by atoms with Gasteiger partial charge in [0, 0.05) is 36.8 Å². The number of nitrogens with one attached hydrogen (secondary N) is 1. The van der Waals surface area contributed by atoms with E-state index in [2.05, 4.69) is 20.4 Å².